The normalized spacial score (nSPS) is 20.1. The van der Waals surface area contributed by atoms with Crippen LogP contribution in [0.25, 0.3) is 11.2 Å². The Balaban J connectivity index is 0.00000241. The summed E-state index contributed by atoms with van der Waals surface area (Å²) in [4.78, 5) is 37.2. The summed E-state index contributed by atoms with van der Waals surface area (Å²) in [6, 6.07) is 5.79. The van der Waals surface area contributed by atoms with Crippen molar-refractivity contribution in [2.24, 2.45) is 0 Å². The first-order valence-corrected chi connectivity index (χ1v) is 12.5. The van der Waals surface area contributed by atoms with Crippen molar-refractivity contribution in [3.05, 3.63) is 57.0 Å². The van der Waals surface area contributed by atoms with Crippen LogP contribution in [0.1, 0.15) is 24.6 Å². The van der Waals surface area contributed by atoms with E-state index in [4.69, 9.17) is 4.74 Å². The van der Waals surface area contributed by atoms with E-state index in [0.29, 0.717) is 23.8 Å². The third kappa shape index (κ3) is 4.35. The number of aromatic nitrogens is 4. The molecule has 3 aliphatic rings. The minimum Gasteiger partial charge on any atom is -0.490 e. The van der Waals surface area contributed by atoms with Gasteiger partial charge in [0.15, 0.2) is 5.75 Å². The molecule has 0 aliphatic carbocycles. The highest BCUT2D eigenvalue weighted by Gasteiger charge is 2.29. The Labute approximate surface area is 206 Å². The van der Waals surface area contributed by atoms with E-state index < -0.39 is 0 Å². The quantitative estimate of drug-likeness (QED) is 0.563. The lowest BCUT2D eigenvalue weighted by Gasteiger charge is -2.34. The molecule has 0 spiro atoms. The highest BCUT2D eigenvalue weighted by atomic mass is 35.5. The second kappa shape index (κ2) is 9.69. The van der Waals surface area contributed by atoms with E-state index in [1.807, 2.05) is 18.0 Å². The number of piperidine rings is 1. The lowest BCUT2D eigenvalue weighted by molar-refractivity contribution is 0.171. The average molecular weight is 503 g/mol. The number of nitrogens with one attached hydrogen (secondary N) is 1. The molecule has 0 saturated carbocycles. The van der Waals surface area contributed by atoms with Crippen molar-refractivity contribution in [2.75, 3.05) is 32.0 Å². The summed E-state index contributed by atoms with van der Waals surface area (Å²) in [5, 5.41) is 3.66. The van der Waals surface area contributed by atoms with Gasteiger partial charge in [-0.3, -0.25) is 23.7 Å². The SMILES string of the molecule is Cl.O=c1cnc2ccc(=O)n3c2n1C[C@H]3CN1CCC(NCc2cc3c(cn2)OCCS3)CC1. The predicted molar refractivity (Wildman–Crippen MR) is 133 cm³/mol. The molecule has 0 aromatic carbocycles. The zero-order valence-electron chi connectivity index (χ0n) is 18.7. The first-order valence-electron chi connectivity index (χ1n) is 11.5. The summed E-state index contributed by atoms with van der Waals surface area (Å²) in [7, 11) is 0. The van der Waals surface area contributed by atoms with Crippen LogP contribution in [0.2, 0.25) is 0 Å². The number of likely N-dealkylation sites (tertiary alicyclic amines) is 1. The monoisotopic (exact) mass is 502 g/mol. The fraction of sp³-hybridized carbons (Fsp3) is 0.478. The summed E-state index contributed by atoms with van der Waals surface area (Å²) in [6.07, 6.45) is 5.27. The minimum absolute atomic E-state index is 0. The Hall–Kier alpha value is -2.40. The first-order chi connectivity index (χ1) is 16.2. The molecule has 34 heavy (non-hydrogen) atoms. The van der Waals surface area contributed by atoms with Gasteiger partial charge in [0.2, 0.25) is 0 Å². The third-order valence-electron chi connectivity index (χ3n) is 6.79. The maximum atomic E-state index is 12.6. The molecule has 1 N–H and O–H groups in total. The molecule has 6 rings (SSSR count). The Kier molecular flexibility index (Phi) is 6.65. The Morgan fingerprint density at radius 2 is 1.97 bits per heavy atom. The molecule has 1 fully saturated rings. The van der Waals surface area contributed by atoms with Crippen molar-refractivity contribution in [1.82, 2.24) is 29.3 Å². The van der Waals surface area contributed by atoms with Crippen LogP contribution in [0.15, 0.2) is 45.1 Å². The van der Waals surface area contributed by atoms with Crippen molar-refractivity contribution in [3.63, 3.8) is 0 Å². The molecule has 3 aliphatic heterocycles. The molecule has 9 nitrogen and oxygen atoms in total. The van der Waals surface area contributed by atoms with Gasteiger partial charge in [-0.1, -0.05) is 0 Å². The first kappa shape index (κ1) is 23.3. The van der Waals surface area contributed by atoms with E-state index in [-0.39, 0.29) is 29.6 Å². The second-order valence-electron chi connectivity index (χ2n) is 8.89. The molecule has 0 radical (unpaired) electrons. The summed E-state index contributed by atoms with van der Waals surface area (Å²) >= 11 is 1.83. The smallest absolute Gasteiger partial charge is 0.270 e. The van der Waals surface area contributed by atoms with Crippen LogP contribution in [-0.2, 0) is 13.1 Å². The van der Waals surface area contributed by atoms with Crippen molar-refractivity contribution in [2.45, 2.75) is 42.9 Å². The number of thioether (sulfide) groups is 1. The van der Waals surface area contributed by atoms with Crippen molar-refractivity contribution >= 4 is 35.3 Å². The maximum Gasteiger partial charge on any atom is 0.270 e. The number of ether oxygens (including phenoxy) is 1. The minimum atomic E-state index is -0.145. The van der Waals surface area contributed by atoms with Crippen molar-refractivity contribution < 1.29 is 4.74 Å². The van der Waals surface area contributed by atoms with E-state index in [1.165, 1.54) is 11.1 Å². The molecule has 0 amide bonds. The van der Waals surface area contributed by atoms with Gasteiger partial charge in [0, 0.05) is 37.5 Å². The molecule has 11 heteroatoms. The van der Waals surface area contributed by atoms with Gasteiger partial charge in [-0.25, -0.2) is 4.98 Å². The molecular weight excluding hydrogens is 476 g/mol. The average Bonchev–Trinajstić information content (AvgIpc) is 3.23. The topological polar surface area (TPSA) is 94.3 Å². The van der Waals surface area contributed by atoms with Gasteiger partial charge in [0.05, 0.1) is 35.6 Å². The second-order valence-corrected chi connectivity index (χ2v) is 10.0. The Bertz CT molecular complexity index is 1320. The zero-order valence-corrected chi connectivity index (χ0v) is 20.3. The molecule has 3 aromatic heterocycles. The van der Waals surface area contributed by atoms with Gasteiger partial charge >= 0.3 is 0 Å². The van der Waals surface area contributed by atoms with Crippen LogP contribution >= 0.6 is 24.2 Å². The van der Waals surface area contributed by atoms with Gasteiger partial charge in [-0.05, 0) is 38.1 Å². The van der Waals surface area contributed by atoms with Crippen LogP contribution in [0, 0.1) is 0 Å². The number of nitrogens with zero attached hydrogens (tertiary/aromatic N) is 5. The lowest BCUT2D eigenvalue weighted by Crippen LogP contribution is -2.44. The van der Waals surface area contributed by atoms with E-state index in [0.717, 1.165) is 62.8 Å². The fourth-order valence-corrected chi connectivity index (χ4v) is 5.97. The largest absolute Gasteiger partial charge is 0.490 e. The van der Waals surface area contributed by atoms with Gasteiger partial charge in [0.1, 0.15) is 11.2 Å². The molecule has 0 bridgehead atoms. The zero-order chi connectivity index (χ0) is 22.4. The Morgan fingerprint density at radius 1 is 1.12 bits per heavy atom. The van der Waals surface area contributed by atoms with Gasteiger partial charge in [0.25, 0.3) is 11.1 Å². The summed E-state index contributed by atoms with van der Waals surface area (Å²) < 4.78 is 9.09. The van der Waals surface area contributed by atoms with Gasteiger partial charge in [-0.2, -0.15) is 0 Å². The number of fused-ring (bicyclic) bond motifs is 1. The molecule has 1 saturated heterocycles. The molecule has 0 unspecified atom stereocenters. The van der Waals surface area contributed by atoms with Gasteiger partial charge in [-0.15, -0.1) is 24.2 Å². The Morgan fingerprint density at radius 3 is 2.82 bits per heavy atom. The summed E-state index contributed by atoms with van der Waals surface area (Å²) in [5.74, 6) is 1.88. The summed E-state index contributed by atoms with van der Waals surface area (Å²) in [6.45, 7) is 4.72. The van der Waals surface area contributed by atoms with E-state index in [9.17, 15) is 9.59 Å². The van der Waals surface area contributed by atoms with Crippen molar-refractivity contribution in [1.29, 1.82) is 0 Å². The standard InChI is InChI=1S/C23H26N6O3S.ClH/c30-21-2-1-18-23-28(22(31)12-26-18)14-17(29(21)23)13-27-5-3-15(4-6-27)24-10-16-9-20-19(11-25-16)32-7-8-33-20;/h1-2,9,11-12,15,17,24H,3-8,10,13-14H2;1H/t17-;/m1./s1. The highest BCUT2D eigenvalue weighted by molar-refractivity contribution is 7.99. The third-order valence-corrected chi connectivity index (χ3v) is 7.79. The van der Waals surface area contributed by atoms with Crippen molar-refractivity contribution in [3.8, 4) is 5.75 Å². The number of hydrogen-bond donors (Lipinski definition) is 1. The number of halogens is 1. The number of rotatable bonds is 5. The van der Waals surface area contributed by atoms with Crippen LogP contribution in [0.3, 0.4) is 0 Å². The number of hydrogen-bond acceptors (Lipinski definition) is 8. The fourth-order valence-electron chi connectivity index (χ4n) is 5.11. The molecule has 180 valence electrons. The molecule has 3 aromatic rings. The summed E-state index contributed by atoms with van der Waals surface area (Å²) in [5.41, 5.74) is 2.18. The predicted octanol–water partition coefficient (Wildman–Crippen LogP) is 1.67. The molecular formula is C23H27ClN6O3S. The van der Waals surface area contributed by atoms with E-state index >= 15 is 0 Å². The van der Waals surface area contributed by atoms with Crippen LogP contribution < -0.4 is 21.2 Å². The van der Waals surface area contributed by atoms with Crippen LogP contribution in [0.5, 0.6) is 5.75 Å². The van der Waals surface area contributed by atoms with Gasteiger partial charge < -0.3 is 15.0 Å². The van der Waals surface area contributed by atoms with Crippen LogP contribution in [-0.4, -0.2) is 62.0 Å². The highest BCUT2D eigenvalue weighted by Crippen LogP contribution is 2.32. The lowest BCUT2D eigenvalue weighted by atomic mass is 10.0. The molecule has 6 heterocycles. The van der Waals surface area contributed by atoms with E-state index in [1.54, 1.807) is 21.3 Å². The maximum absolute atomic E-state index is 12.6. The van der Waals surface area contributed by atoms with Crippen LogP contribution in [0.4, 0.5) is 0 Å². The van der Waals surface area contributed by atoms with E-state index in [2.05, 4.69) is 26.3 Å². The molecule has 1 atom stereocenters. The number of pyridine rings is 2.